The summed E-state index contributed by atoms with van der Waals surface area (Å²) in [5.41, 5.74) is 3.62. The molecular weight excluding hydrogens is 554 g/mol. The Labute approximate surface area is 242 Å². The normalized spacial score (nSPS) is 29.3. The molecule has 4 saturated carbocycles. The number of amides is 1. The second kappa shape index (κ2) is 10.7. The first-order chi connectivity index (χ1) is 19.7. The van der Waals surface area contributed by atoms with E-state index in [1.165, 1.54) is 17.0 Å². The van der Waals surface area contributed by atoms with Crippen LogP contribution in [0.3, 0.4) is 0 Å². The molecular formula is C31H37F4N3O4. The van der Waals surface area contributed by atoms with E-state index < -0.39 is 47.7 Å². The highest BCUT2D eigenvalue weighted by atomic mass is 19.4. The monoisotopic (exact) mass is 591 g/mol. The zero-order valence-corrected chi connectivity index (χ0v) is 23.8. The molecule has 228 valence electrons. The van der Waals surface area contributed by atoms with Gasteiger partial charge < -0.3 is 25.7 Å². The van der Waals surface area contributed by atoms with Crippen LogP contribution in [0, 0.1) is 22.6 Å². The van der Waals surface area contributed by atoms with Crippen molar-refractivity contribution >= 4 is 17.4 Å². The van der Waals surface area contributed by atoms with Gasteiger partial charge >= 0.3 is 6.18 Å². The first-order valence-electron chi connectivity index (χ1n) is 14.4. The van der Waals surface area contributed by atoms with E-state index in [-0.39, 0.29) is 29.5 Å². The van der Waals surface area contributed by atoms with Gasteiger partial charge in [0.2, 0.25) is 5.91 Å². The van der Waals surface area contributed by atoms with E-state index in [4.69, 9.17) is 10.5 Å². The zero-order chi connectivity index (χ0) is 30.5. The van der Waals surface area contributed by atoms with Crippen molar-refractivity contribution in [3.05, 3.63) is 48.3 Å². The Morgan fingerprint density at radius 2 is 1.67 bits per heavy atom. The number of fused-ring (bicyclic) bond motifs is 3. The maximum absolute atomic E-state index is 15.1. The lowest BCUT2D eigenvalue weighted by Crippen LogP contribution is -2.60. The van der Waals surface area contributed by atoms with Gasteiger partial charge in [0, 0.05) is 29.1 Å². The van der Waals surface area contributed by atoms with Crippen LogP contribution >= 0.6 is 0 Å². The fraction of sp³-hybridized carbons (Fsp3) is 0.548. The molecule has 0 saturated heterocycles. The molecule has 4 aliphatic rings. The predicted octanol–water partition coefficient (Wildman–Crippen LogP) is 6.40. The Morgan fingerprint density at radius 1 is 1.07 bits per heavy atom. The largest absolute Gasteiger partial charge is 0.491 e. The first-order valence-corrected chi connectivity index (χ1v) is 14.4. The smallest absolute Gasteiger partial charge is 0.417 e. The Bertz CT molecular complexity index is 1330. The topological polar surface area (TPSA) is 108 Å². The number of anilines is 1. The molecule has 6 rings (SSSR count). The van der Waals surface area contributed by atoms with Crippen LogP contribution in [0.15, 0.2) is 47.6 Å². The molecule has 2 aromatic carbocycles. The van der Waals surface area contributed by atoms with E-state index in [1.54, 1.807) is 30.3 Å². The molecule has 11 heteroatoms. The Kier molecular flexibility index (Phi) is 7.70. The third-order valence-electron chi connectivity index (χ3n) is 9.66. The van der Waals surface area contributed by atoms with Crippen molar-refractivity contribution in [1.82, 2.24) is 0 Å². The van der Waals surface area contributed by atoms with Crippen LogP contribution in [0.4, 0.5) is 23.2 Å². The first kappa shape index (κ1) is 30.1. The number of rotatable bonds is 8. The van der Waals surface area contributed by atoms with E-state index in [9.17, 15) is 28.3 Å². The van der Waals surface area contributed by atoms with Crippen molar-refractivity contribution < 1.29 is 37.4 Å². The maximum atomic E-state index is 15.1. The molecule has 1 amide bonds. The Balaban J connectivity index is 1.45. The third kappa shape index (κ3) is 5.43. The van der Waals surface area contributed by atoms with E-state index in [1.807, 2.05) is 13.8 Å². The molecule has 0 aromatic heterocycles. The lowest BCUT2D eigenvalue weighted by atomic mass is 9.53. The van der Waals surface area contributed by atoms with Gasteiger partial charge in [0.1, 0.15) is 17.4 Å². The highest BCUT2D eigenvalue weighted by Crippen LogP contribution is 2.58. The van der Waals surface area contributed by atoms with Gasteiger partial charge in [-0.15, -0.1) is 0 Å². The van der Waals surface area contributed by atoms with Gasteiger partial charge in [0.05, 0.1) is 6.10 Å². The minimum Gasteiger partial charge on any atom is -0.491 e. The van der Waals surface area contributed by atoms with Gasteiger partial charge in [-0.2, -0.15) is 13.2 Å². The molecule has 42 heavy (non-hydrogen) atoms. The average molecular weight is 592 g/mol. The molecule has 0 heterocycles. The van der Waals surface area contributed by atoms with Gasteiger partial charge in [-0.05, 0) is 107 Å². The molecule has 4 N–H and O–H groups in total. The summed E-state index contributed by atoms with van der Waals surface area (Å²) < 4.78 is 61.0. The number of hydrogen-bond acceptors (Lipinski definition) is 5. The summed E-state index contributed by atoms with van der Waals surface area (Å²) in [6.07, 6.45) is -2.21. The number of alkyl halides is 3. The van der Waals surface area contributed by atoms with Crippen LogP contribution in [0.2, 0.25) is 0 Å². The van der Waals surface area contributed by atoms with Gasteiger partial charge in [-0.3, -0.25) is 4.79 Å². The summed E-state index contributed by atoms with van der Waals surface area (Å²) in [7, 11) is 0. The van der Waals surface area contributed by atoms with Crippen molar-refractivity contribution in [2.24, 2.45) is 27.6 Å². The molecule has 4 fully saturated rings. The summed E-state index contributed by atoms with van der Waals surface area (Å²) in [5, 5.41) is 22.6. The van der Waals surface area contributed by atoms with Crippen molar-refractivity contribution in [2.45, 2.75) is 83.1 Å². The molecule has 4 aliphatic carbocycles. The third-order valence-corrected chi connectivity index (χ3v) is 9.66. The van der Waals surface area contributed by atoms with Crippen molar-refractivity contribution in [2.75, 3.05) is 11.4 Å². The number of ether oxygens (including phenoxy) is 1. The number of amidine groups is 1. The summed E-state index contributed by atoms with van der Waals surface area (Å²) in [6.45, 7) is 4.03. The van der Waals surface area contributed by atoms with Crippen molar-refractivity contribution in [3.8, 4) is 16.9 Å². The fourth-order valence-electron chi connectivity index (χ4n) is 6.89. The number of carbonyl (C=O) groups excluding carboxylic acids is 1. The molecule has 0 radical (unpaired) electrons. The lowest BCUT2D eigenvalue weighted by Gasteiger charge is -2.54. The van der Waals surface area contributed by atoms with Crippen LogP contribution < -0.4 is 15.4 Å². The van der Waals surface area contributed by atoms with Gasteiger partial charge in [-0.25, -0.2) is 4.39 Å². The van der Waals surface area contributed by atoms with Gasteiger partial charge in [0.15, 0.2) is 5.60 Å². The maximum Gasteiger partial charge on any atom is 0.417 e. The molecule has 0 aliphatic heterocycles. The standard InChI is InChI=1S/C31H37F4N3O4/c1-19(2)42-23-6-3-20(4-7-23)24-15-22(5-8-25(24)32)38(26(39)21-16-30(40,17-21)31(33,34)35)18-28-9-12-29(13-10-28,14-11-28)27(36)37-41/h3-8,15,19,21,40-41H,9-14,16-18H2,1-2H3,(H2,36,37). The highest BCUT2D eigenvalue weighted by Gasteiger charge is 2.63. The minimum atomic E-state index is -4.83. The van der Waals surface area contributed by atoms with E-state index in [0.717, 1.165) is 0 Å². The van der Waals surface area contributed by atoms with Crippen LogP contribution in [0.1, 0.15) is 65.2 Å². The number of aliphatic hydroxyl groups is 1. The Morgan fingerprint density at radius 3 is 2.19 bits per heavy atom. The number of nitrogens with zero attached hydrogens (tertiary/aromatic N) is 2. The van der Waals surface area contributed by atoms with E-state index in [0.29, 0.717) is 55.5 Å². The average Bonchev–Trinajstić information content (AvgIpc) is 2.94. The predicted molar refractivity (Wildman–Crippen MR) is 150 cm³/mol. The number of nitrogens with two attached hydrogens (primary N) is 1. The fourth-order valence-corrected chi connectivity index (χ4v) is 6.89. The number of oxime groups is 1. The summed E-state index contributed by atoms with van der Waals surface area (Å²) in [5.74, 6) is -1.21. The van der Waals surface area contributed by atoms with Gasteiger partial charge in [0.25, 0.3) is 0 Å². The van der Waals surface area contributed by atoms with Gasteiger partial charge in [-0.1, -0.05) is 17.3 Å². The number of hydrogen-bond donors (Lipinski definition) is 3. The van der Waals surface area contributed by atoms with Crippen molar-refractivity contribution in [3.63, 3.8) is 0 Å². The molecule has 2 aromatic rings. The molecule has 0 unspecified atom stereocenters. The summed E-state index contributed by atoms with van der Waals surface area (Å²) in [6, 6.07) is 11.2. The van der Waals surface area contributed by atoms with Crippen LogP contribution in [0.25, 0.3) is 11.1 Å². The zero-order valence-electron chi connectivity index (χ0n) is 23.8. The Hall–Kier alpha value is -3.34. The molecule has 0 spiro atoms. The second-order valence-electron chi connectivity index (χ2n) is 12.7. The van der Waals surface area contributed by atoms with E-state index >= 15 is 4.39 Å². The highest BCUT2D eigenvalue weighted by molar-refractivity contribution is 5.96. The number of carbonyl (C=O) groups is 1. The summed E-state index contributed by atoms with van der Waals surface area (Å²) >= 11 is 0. The molecule has 0 atom stereocenters. The SMILES string of the molecule is CC(C)Oc1ccc(-c2cc(N(CC34CCC(/C(N)=N/O)(CC3)CC4)C(=O)C3CC(O)(C(F)(F)F)C3)ccc2F)cc1. The minimum absolute atomic E-state index is 0.0338. The van der Waals surface area contributed by atoms with Crippen LogP contribution in [-0.2, 0) is 4.79 Å². The quantitative estimate of drug-likeness (QED) is 0.108. The second-order valence-corrected chi connectivity index (χ2v) is 12.7. The lowest BCUT2D eigenvalue weighted by molar-refractivity contribution is -0.295. The van der Waals surface area contributed by atoms with Crippen LogP contribution in [-0.4, -0.2) is 46.5 Å². The summed E-state index contributed by atoms with van der Waals surface area (Å²) in [4.78, 5) is 15.3. The molecule has 7 nitrogen and oxygen atoms in total. The van der Waals surface area contributed by atoms with Crippen LogP contribution in [0.5, 0.6) is 5.75 Å². The number of halogens is 4. The van der Waals surface area contributed by atoms with Crippen molar-refractivity contribution in [1.29, 1.82) is 0 Å². The van der Waals surface area contributed by atoms with E-state index in [2.05, 4.69) is 5.16 Å². The number of benzene rings is 2. The molecule has 2 bridgehead atoms.